The van der Waals surface area contributed by atoms with Gasteiger partial charge in [0.1, 0.15) is 0 Å². The predicted octanol–water partition coefficient (Wildman–Crippen LogP) is 4.69. The molecule has 0 saturated heterocycles. The number of nitrogens with zero attached hydrogens (tertiary/aromatic N) is 2. The Labute approximate surface area is 219 Å². The molecule has 2 amide bonds. The van der Waals surface area contributed by atoms with Gasteiger partial charge in [0.15, 0.2) is 0 Å². The van der Waals surface area contributed by atoms with Crippen molar-refractivity contribution in [3.63, 3.8) is 0 Å². The number of thiophene rings is 1. The van der Waals surface area contributed by atoms with Crippen LogP contribution in [0.2, 0.25) is 5.02 Å². The summed E-state index contributed by atoms with van der Waals surface area (Å²) in [5.74, 6) is -0.460. The molecule has 1 aliphatic heterocycles. The van der Waals surface area contributed by atoms with Crippen LogP contribution in [0.1, 0.15) is 41.8 Å². The highest BCUT2D eigenvalue weighted by atomic mass is 35.5. The molecule has 10 heteroatoms. The first-order chi connectivity index (χ1) is 17.2. The first-order valence-corrected chi connectivity index (χ1v) is 14.4. The lowest BCUT2D eigenvalue weighted by molar-refractivity contribution is -0.133. The first-order valence-electron chi connectivity index (χ1n) is 11.7. The zero-order valence-electron chi connectivity index (χ0n) is 19.7. The van der Waals surface area contributed by atoms with Gasteiger partial charge in [-0.25, -0.2) is 8.42 Å². The Bertz CT molecular complexity index is 1380. The second-order valence-corrected chi connectivity index (χ2v) is 12.4. The molecule has 1 fully saturated rings. The number of benzene rings is 2. The molecule has 0 bridgehead atoms. The minimum absolute atomic E-state index is 0.101. The van der Waals surface area contributed by atoms with Gasteiger partial charge in [-0.2, -0.15) is 4.31 Å². The number of hydrogen-bond donors (Lipinski definition) is 1. The summed E-state index contributed by atoms with van der Waals surface area (Å²) in [6.07, 6.45) is 2.20. The number of halogens is 1. The summed E-state index contributed by atoms with van der Waals surface area (Å²) >= 11 is 7.79. The van der Waals surface area contributed by atoms with Crippen LogP contribution >= 0.6 is 22.9 Å². The summed E-state index contributed by atoms with van der Waals surface area (Å²) in [5.41, 5.74) is 2.54. The number of fused-ring (bicyclic) bond motifs is 1. The molecule has 1 saturated carbocycles. The molecule has 1 atom stereocenters. The summed E-state index contributed by atoms with van der Waals surface area (Å²) in [6, 6.07) is 15.1. The summed E-state index contributed by atoms with van der Waals surface area (Å²) in [7, 11) is -3.90. The maximum Gasteiger partial charge on any atom is 0.243 e. The molecule has 3 aromatic rings. The molecule has 2 aliphatic rings. The smallest absolute Gasteiger partial charge is 0.243 e. The second kappa shape index (κ2) is 9.97. The van der Waals surface area contributed by atoms with Crippen molar-refractivity contribution >= 4 is 50.5 Å². The number of amides is 2. The van der Waals surface area contributed by atoms with E-state index in [1.54, 1.807) is 28.4 Å². The monoisotopic (exact) mass is 543 g/mol. The zero-order valence-corrected chi connectivity index (χ0v) is 22.1. The van der Waals surface area contributed by atoms with Crippen LogP contribution in [-0.4, -0.2) is 48.6 Å². The van der Waals surface area contributed by atoms with E-state index < -0.39 is 10.0 Å². The van der Waals surface area contributed by atoms with Crippen LogP contribution in [0.15, 0.2) is 64.9 Å². The molecule has 1 unspecified atom stereocenters. The lowest BCUT2D eigenvalue weighted by atomic mass is 9.93. The minimum Gasteiger partial charge on any atom is -0.330 e. The molecular weight excluding hydrogens is 518 g/mol. The van der Waals surface area contributed by atoms with Gasteiger partial charge in [0.2, 0.25) is 21.8 Å². The Morgan fingerprint density at radius 3 is 2.42 bits per heavy atom. The van der Waals surface area contributed by atoms with Gasteiger partial charge in [-0.05, 0) is 78.2 Å². The molecule has 188 valence electrons. The van der Waals surface area contributed by atoms with Crippen LogP contribution in [0.3, 0.4) is 0 Å². The summed E-state index contributed by atoms with van der Waals surface area (Å²) in [4.78, 5) is 28.2. The zero-order chi connectivity index (χ0) is 25.4. The van der Waals surface area contributed by atoms with E-state index in [-0.39, 0.29) is 35.3 Å². The van der Waals surface area contributed by atoms with Crippen LogP contribution in [-0.2, 0) is 26.0 Å². The summed E-state index contributed by atoms with van der Waals surface area (Å²) < 4.78 is 28.5. The van der Waals surface area contributed by atoms with Crippen molar-refractivity contribution < 1.29 is 18.0 Å². The van der Waals surface area contributed by atoms with Crippen molar-refractivity contribution in [2.75, 3.05) is 18.4 Å². The molecule has 1 aromatic heterocycles. The van der Waals surface area contributed by atoms with E-state index in [1.807, 2.05) is 35.7 Å². The molecule has 1 aliphatic carbocycles. The van der Waals surface area contributed by atoms with Gasteiger partial charge in [-0.1, -0.05) is 23.7 Å². The number of hydrogen-bond acceptors (Lipinski definition) is 5. The summed E-state index contributed by atoms with van der Waals surface area (Å²) in [5, 5.41) is 5.29. The quantitative estimate of drug-likeness (QED) is 0.468. The third-order valence-corrected chi connectivity index (χ3v) is 9.66. The van der Waals surface area contributed by atoms with Crippen LogP contribution < -0.4 is 5.32 Å². The molecule has 1 N–H and O–H groups in total. The van der Waals surface area contributed by atoms with Crippen LogP contribution in [0.25, 0.3) is 0 Å². The van der Waals surface area contributed by atoms with Gasteiger partial charge in [0.25, 0.3) is 0 Å². The third-order valence-electron chi connectivity index (χ3n) is 6.50. The fourth-order valence-corrected chi connectivity index (χ4v) is 7.30. The Kier molecular flexibility index (Phi) is 6.91. The third kappa shape index (κ3) is 5.06. The van der Waals surface area contributed by atoms with Gasteiger partial charge >= 0.3 is 0 Å². The predicted molar refractivity (Wildman–Crippen MR) is 141 cm³/mol. The second-order valence-electron chi connectivity index (χ2n) is 9.08. The van der Waals surface area contributed by atoms with Crippen molar-refractivity contribution in [1.82, 2.24) is 9.21 Å². The SMILES string of the molecule is CC(=O)Nc1ccc(S(=O)(=O)N(CC(=O)N2CCc3sccc3C2c2ccc(Cl)cc2)C2CC2)cc1. The minimum atomic E-state index is -3.90. The molecule has 5 rings (SSSR count). The van der Waals surface area contributed by atoms with Gasteiger partial charge < -0.3 is 10.2 Å². The lowest BCUT2D eigenvalue weighted by Crippen LogP contribution is -2.47. The fraction of sp³-hybridized carbons (Fsp3) is 0.308. The van der Waals surface area contributed by atoms with Crippen molar-refractivity contribution in [3.8, 4) is 0 Å². The number of rotatable bonds is 7. The topological polar surface area (TPSA) is 86.8 Å². The highest BCUT2D eigenvalue weighted by Crippen LogP contribution is 2.39. The average molecular weight is 544 g/mol. The number of carbonyl (C=O) groups is 2. The van der Waals surface area contributed by atoms with Gasteiger partial charge in [0, 0.05) is 35.1 Å². The highest BCUT2D eigenvalue weighted by Gasteiger charge is 2.41. The number of carbonyl (C=O) groups excluding carboxylic acids is 2. The molecular formula is C26H26ClN3O4S2. The average Bonchev–Trinajstić information content (AvgIpc) is 3.57. The molecule has 36 heavy (non-hydrogen) atoms. The van der Waals surface area contributed by atoms with E-state index in [2.05, 4.69) is 5.32 Å². The Hall–Kier alpha value is -2.72. The lowest BCUT2D eigenvalue weighted by Gasteiger charge is -2.37. The molecule has 2 heterocycles. The van der Waals surface area contributed by atoms with Crippen molar-refractivity contribution in [1.29, 1.82) is 0 Å². The van der Waals surface area contributed by atoms with E-state index in [4.69, 9.17) is 11.6 Å². The molecule has 0 radical (unpaired) electrons. The number of nitrogens with one attached hydrogen (secondary N) is 1. The van der Waals surface area contributed by atoms with E-state index in [0.29, 0.717) is 17.3 Å². The highest BCUT2D eigenvalue weighted by molar-refractivity contribution is 7.89. The maximum absolute atomic E-state index is 13.7. The van der Waals surface area contributed by atoms with Crippen LogP contribution in [0, 0.1) is 0 Å². The molecule has 7 nitrogen and oxygen atoms in total. The largest absolute Gasteiger partial charge is 0.330 e. The fourth-order valence-electron chi connectivity index (χ4n) is 4.64. The van der Waals surface area contributed by atoms with E-state index in [1.165, 1.54) is 28.2 Å². The van der Waals surface area contributed by atoms with E-state index in [0.717, 1.165) is 30.4 Å². The Morgan fingerprint density at radius 1 is 1.08 bits per heavy atom. The Balaban J connectivity index is 1.42. The number of sulfonamides is 1. The maximum atomic E-state index is 13.7. The standard InChI is InChI=1S/C26H26ClN3O4S2/c1-17(31)28-20-6-10-22(11-7-20)36(33,34)30(21-8-9-21)16-25(32)29-14-12-24-23(13-15-35-24)26(29)18-2-4-19(27)5-3-18/h2-7,10-11,13,15,21,26H,8-9,12,14,16H2,1H3,(H,28,31). The van der Waals surface area contributed by atoms with Crippen molar-refractivity contribution in [2.45, 2.75) is 43.2 Å². The van der Waals surface area contributed by atoms with Crippen molar-refractivity contribution in [2.24, 2.45) is 0 Å². The van der Waals surface area contributed by atoms with Gasteiger partial charge in [0.05, 0.1) is 17.5 Å². The number of anilines is 1. The first kappa shape index (κ1) is 25.0. The van der Waals surface area contributed by atoms with Crippen LogP contribution in [0.5, 0.6) is 0 Å². The van der Waals surface area contributed by atoms with E-state index in [9.17, 15) is 18.0 Å². The Morgan fingerprint density at radius 2 is 1.78 bits per heavy atom. The molecule has 0 spiro atoms. The van der Waals surface area contributed by atoms with Crippen molar-refractivity contribution in [3.05, 3.63) is 81.0 Å². The van der Waals surface area contributed by atoms with Gasteiger partial charge in [-0.3, -0.25) is 9.59 Å². The van der Waals surface area contributed by atoms with Crippen LogP contribution in [0.4, 0.5) is 5.69 Å². The molecule has 2 aromatic carbocycles. The van der Waals surface area contributed by atoms with E-state index >= 15 is 0 Å². The normalized spacial score (nSPS) is 17.6. The summed E-state index contributed by atoms with van der Waals surface area (Å²) in [6.45, 7) is 1.69. The van der Waals surface area contributed by atoms with Gasteiger partial charge in [-0.15, -0.1) is 11.3 Å².